The lowest BCUT2D eigenvalue weighted by Crippen LogP contribution is -1.95. The lowest BCUT2D eigenvalue weighted by molar-refractivity contribution is -0.119. The first-order valence-corrected chi connectivity index (χ1v) is 6.43. The van der Waals surface area contributed by atoms with Gasteiger partial charge >= 0.3 is 0 Å². The van der Waals surface area contributed by atoms with Crippen molar-refractivity contribution in [2.24, 2.45) is 0 Å². The Hall–Kier alpha value is -1.37. The molecule has 0 aliphatic rings. The number of rotatable bonds is 10. The summed E-state index contributed by atoms with van der Waals surface area (Å²) in [6, 6.07) is 0. The maximum Gasteiger partial charge on any atom is 0.132 e. The molecule has 0 bridgehead atoms. The normalized spacial score (nSPS) is 11.8. The van der Waals surface area contributed by atoms with E-state index in [1.54, 1.807) is 6.08 Å². The molecule has 0 aromatic rings. The van der Waals surface area contributed by atoms with Crippen molar-refractivity contribution >= 4 is 5.78 Å². The molecule has 1 nitrogen and oxygen atoms in total. The van der Waals surface area contributed by atoms with Gasteiger partial charge in [-0.1, -0.05) is 56.0 Å². The van der Waals surface area contributed by atoms with E-state index in [9.17, 15) is 4.79 Å². The van der Waals surface area contributed by atoms with Gasteiger partial charge in [-0.15, -0.1) is 0 Å². The third-order valence-corrected chi connectivity index (χ3v) is 2.32. The maximum absolute atomic E-state index is 11.2. The van der Waals surface area contributed by atoms with Crippen molar-refractivity contribution in [2.75, 3.05) is 0 Å². The first kappa shape index (κ1) is 15.6. The van der Waals surface area contributed by atoms with Gasteiger partial charge in [-0.25, -0.2) is 0 Å². The van der Waals surface area contributed by atoms with Crippen LogP contribution in [0.25, 0.3) is 0 Å². The monoisotopic (exact) mass is 232 g/mol. The molecule has 0 aliphatic heterocycles. The summed E-state index contributed by atoms with van der Waals surface area (Å²) < 4.78 is 0. The van der Waals surface area contributed by atoms with Gasteiger partial charge in [-0.3, -0.25) is 4.79 Å². The van der Waals surface area contributed by atoms with Gasteiger partial charge in [0.15, 0.2) is 0 Å². The number of carbonyl (C=O) groups excluding carboxylic acids is 1. The van der Waals surface area contributed by atoms with Crippen molar-refractivity contribution in [1.29, 1.82) is 0 Å². The molecule has 0 amide bonds. The number of unbranched alkanes of at least 4 members (excludes halogenated alkanes) is 2. The van der Waals surface area contributed by atoms with Gasteiger partial charge in [0.25, 0.3) is 0 Å². The summed E-state index contributed by atoms with van der Waals surface area (Å²) in [6.07, 6.45) is 19.4. The highest BCUT2D eigenvalue weighted by molar-refractivity contribution is 5.78. The molecular formula is C16H24O. The van der Waals surface area contributed by atoms with Crippen molar-refractivity contribution < 1.29 is 4.79 Å². The van der Waals surface area contributed by atoms with Gasteiger partial charge < -0.3 is 0 Å². The van der Waals surface area contributed by atoms with Crippen LogP contribution in [0.15, 0.2) is 49.1 Å². The highest BCUT2D eigenvalue weighted by Crippen LogP contribution is 2.04. The number of ketones is 1. The Morgan fingerprint density at radius 2 is 1.71 bits per heavy atom. The zero-order valence-corrected chi connectivity index (χ0v) is 10.9. The van der Waals surface area contributed by atoms with E-state index in [2.05, 4.69) is 12.7 Å². The highest BCUT2D eigenvalue weighted by Gasteiger charge is 1.98. The van der Waals surface area contributed by atoms with E-state index >= 15 is 0 Å². The number of hydrogen-bond acceptors (Lipinski definition) is 1. The van der Waals surface area contributed by atoms with E-state index in [4.69, 9.17) is 0 Å². The SMILES string of the molecule is C=CC=CC=CC=CCCCCC(=O)CCC. The Labute approximate surface area is 106 Å². The molecule has 0 aromatic heterocycles. The largest absolute Gasteiger partial charge is 0.300 e. The maximum atomic E-state index is 11.2. The van der Waals surface area contributed by atoms with Crippen LogP contribution in [0, 0.1) is 0 Å². The van der Waals surface area contributed by atoms with E-state index in [-0.39, 0.29) is 0 Å². The van der Waals surface area contributed by atoms with Crippen molar-refractivity contribution in [1.82, 2.24) is 0 Å². The molecule has 0 rings (SSSR count). The predicted molar refractivity (Wildman–Crippen MR) is 76.0 cm³/mol. The highest BCUT2D eigenvalue weighted by atomic mass is 16.1. The number of hydrogen-bond donors (Lipinski definition) is 0. The molecule has 0 N–H and O–H groups in total. The number of allylic oxidation sites excluding steroid dienone is 7. The van der Waals surface area contributed by atoms with Crippen LogP contribution in [-0.4, -0.2) is 5.78 Å². The lowest BCUT2D eigenvalue weighted by atomic mass is 10.1. The molecule has 0 aliphatic carbocycles. The second-order valence-electron chi connectivity index (χ2n) is 3.97. The summed E-state index contributed by atoms with van der Waals surface area (Å²) in [4.78, 5) is 11.2. The van der Waals surface area contributed by atoms with Gasteiger partial charge in [0.1, 0.15) is 5.78 Å². The van der Waals surface area contributed by atoms with E-state index in [0.717, 1.165) is 38.5 Å². The molecule has 17 heavy (non-hydrogen) atoms. The van der Waals surface area contributed by atoms with Crippen LogP contribution in [0.4, 0.5) is 0 Å². The van der Waals surface area contributed by atoms with Crippen molar-refractivity contribution in [3.63, 3.8) is 0 Å². The number of carbonyl (C=O) groups is 1. The smallest absolute Gasteiger partial charge is 0.132 e. The van der Waals surface area contributed by atoms with Crippen LogP contribution in [-0.2, 0) is 4.79 Å². The Kier molecular flexibility index (Phi) is 11.7. The fourth-order valence-corrected chi connectivity index (χ4v) is 1.43. The van der Waals surface area contributed by atoms with E-state index in [1.165, 1.54) is 0 Å². The van der Waals surface area contributed by atoms with Gasteiger partial charge in [-0.05, 0) is 25.7 Å². The first-order valence-electron chi connectivity index (χ1n) is 6.43. The lowest BCUT2D eigenvalue weighted by Gasteiger charge is -1.97. The van der Waals surface area contributed by atoms with Crippen molar-refractivity contribution in [3.05, 3.63) is 49.1 Å². The molecule has 0 saturated carbocycles. The van der Waals surface area contributed by atoms with Crippen molar-refractivity contribution in [3.8, 4) is 0 Å². The zero-order chi connectivity index (χ0) is 12.8. The number of Topliss-reactive ketones (excluding diaryl/α,β-unsaturated/α-hetero) is 1. The zero-order valence-electron chi connectivity index (χ0n) is 10.9. The van der Waals surface area contributed by atoms with E-state index in [1.807, 2.05) is 37.3 Å². The standard InChI is InChI=1S/C16H24O/c1-3-5-6-7-8-9-10-11-12-13-15-16(17)14-4-2/h3,5-10H,1,4,11-15H2,2H3. The minimum absolute atomic E-state index is 0.408. The Balaban J connectivity index is 3.41. The molecule has 0 radical (unpaired) electrons. The van der Waals surface area contributed by atoms with Crippen molar-refractivity contribution in [2.45, 2.75) is 45.4 Å². The molecule has 1 heteroatoms. The Bertz CT molecular complexity index is 282. The minimum Gasteiger partial charge on any atom is -0.300 e. The first-order chi connectivity index (χ1) is 8.31. The van der Waals surface area contributed by atoms with Gasteiger partial charge in [0.2, 0.25) is 0 Å². The topological polar surface area (TPSA) is 17.1 Å². The summed E-state index contributed by atoms with van der Waals surface area (Å²) in [5, 5.41) is 0. The average Bonchev–Trinajstić information content (AvgIpc) is 2.32. The summed E-state index contributed by atoms with van der Waals surface area (Å²) in [6.45, 7) is 5.64. The van der Waals surface area contributed by atoms with E-state index in [0.29, 0.717) is 5.78 Å². The Morgan fingerprint density at radius 1 is 1.00 bits per heavy atom. The quantitative estimate of drug-likeness (QED) is 0.391. The molecule has 94 valence electrons. The van der Waals surface area contributed by atoms with Crippen LogP contribution < -0.4 is 0 Å². The predicted octanol–water partition coefficient (Wildman–Crippen LogP) is 4.77. The third kappa shape index (κ3) is 12.6. The van der Waals surface area contributed by atoms with Crippen LogP contribution >= 0.6 is 0 Å². The summed E-state index contributed by atoms with van der Waals surface area (Å²) >= 11 is 0. The minimum atomic E-state index is 0.408. The Morgan fingerprint density at radius 3 is 2.41 bits per heavy atom. The molecular weight excluding hydrogens is 208 g/mol. The van der Waals surface area contributed by atoms with E-state index < -0.39 is 0 Å². The second kappa shape index (κ2) is 12.7. The molecule has 0 fully saturated rings. The molecule has 0 aromatic carbocycles. The molecule has 0 unspecified atom stereocenters. The third-order valence-electron chi connectivity index (χ3n) is 2.32. The summed E-state index contributed by atoms with van der Waals surface area (Å²) in [5.41, 5.74) is 0. The fraction of sp³-hybridized carbons (Fsp3) is 0.438. The average molecular weight is 232 g/mol. The van der Waals surface area contributed by atoms with Crippen LogP contribution in [0.1, 0.15) is 45.4 Å². The van der Waals surface area contributed by atoms with Gasteiger partial charge in [0.05, 0.1) is 0 Å². The van der Waals surface area contributed by atoms with Gasteiger partial charge in [0, 0.05) is 12.8 Å². The van der Waals surface area contributed by atoms with Gasteiger partial charge in [-0.2, -0.15) is 0 Å². The van der Waals surface area contributed by atoms with Crippen LogP contribution in [0.5, 0.6) is 0 Å². The molecule has 0 heterocycles. The molecule has 0 spiro atoms. The summed E-state index contributed by atoms with van der Waals surface area (Å²) in [7, 11) is 0. The molecule has 0 atom stereocenters. The van der Waals surface area contributed by atoms with Crippen LogP contribution in [0.2, 0.25) is 0 Å². The summed E-state index contributed by atoms with van der Waals surface area (Å²) in [5.74, 6) is 0.408. The van der Waals surface area contributed by atoms with Crippen LogP contribution in [0.3, 0.4) is 0 Å². The fourth-order valence-electron chi connectivity index (χ4n) is 1.43. The molecule has 0 saturated heterocycles. The second-order valence-corrected chi connectivity index (χ2v) is 3.97.